The van der Waals surface area contributed by atoms with Crippen molar-refractivity contribution < 1.29 is 9.84 Å². The minimum Gasteiger partial charge on any atom is -0.389 e. The molecule has 1 aliphatic rings. The van der Waals surface area contributed by atoms with Gasteiger partial charge in [0.15, 0.2) is 0 Å². The van der Waals surface area contributed by atoms with Gasteiger partial charge in [-0.2, -0.15) is 0 Å². The standard InChI is InChI=1S/C14H19IO2/c1-2-3-9-11-12(15)13(16)14(17-11)10-7-5-4-6-8-10/h4-8,11-14,16H,2-3,9H2,1H3/t11-,12+,13-,14+/m1/s1. The molecule has 2 nitrogen and oxygen atoms in total. The molecule has 1 heterocycles. The summed E-state index contributed by atoms with van der Waals surface area (Å²) in [5.41, 5.74) is 1.08. The molecule has 0 amide bonds. The van der Waals surface area contributed by atoms with Crippen molar-refractivity contribution in [3.05, 3.63) is 35.9 Å². The van der Waals surface area contributed by atoms with Crippen LogP contribution < -0.4 is 0 Å². The molecular weight excluding hydrogens is 327 g/mol. The Bertz CT molecular complexity index is 341. The van der Waals surface area contributed by atoms with Crippen LogP contribution in [-0.2, 0) is 4.74 Å². The van der Waals surface area contributed by atoms with Crippen LogP contribution in [0.5, 0.6) is 0 Å². The van der Waals surface area contributed by atoms with E-state index in [0.29, 0.717) is 0 Å². The van der Waals surface area contributed by atoms with Gasteiger partial charge < -0.3 is 9.84 Å². The first-order chi connectivity index (χ1) is 8.24. The summed E-state index contributed by atoms with van der Waals surface area (Å²) >= 11 is 2.33. The molecule has 1 fully saturated rings. The van der Waals surface area contributed by atoms with Crippen LogP contribution in [0.1, 0.15) is 37.9 Å². The molecule has 1 aliphatic heterocycles. The summed E-state index contributed by atoms with van der Waals surface area (Å²) in [7, 11) is 0. The number of alkyl halides is 1. The maximum absolute atomic E-state index is 10.2. The van der Waals surface area contributed by atoms with E-state index in [1.807, 2.05) is 30.3 Å². The van der Waals surface area contributed by atoms with Crippen molar-refractivity contribution in [3.8, 4) is 0 Å². The average molecular weight is 346 g/mol. The molecule has 0 saturated carbocycles. The summed E-state index contributed by atoms with van der Waals surface area (Å²) < 4.78 is 6.22. The predicted octanol–water partition coefficient (Wildman–Crippen LogP) is 3.48. The van der Waals surface area contributed by atoms with Gasteiger partial charge >= 0.3 is 0 Å². The van der Waals surface area contributed by atoms with Gasteiger partial charge in [0, 0.05) is 0 Å². The number of benzene rings is 1. The second kappa shape index (κ2) is 6.16. The first-order valence-electron chi connectivity index (χ1n) is 6.26. The number of unbranched alkanes of at least 4 members (excludes halogenated alkanes) is 1. The number of ether oxygens (including phenoxy) is 1. The summed E-state index contributed by atoms with van der Waals surface area (Å²) in [5, 5.41) is 10.2. The largest absolute Gasteiger partial charge is 0.389 e. The number of aliphatic hydroxyl groups is 1. The summed E-state index contributed by atoms with van der Waals surface area (Å²) in [5.74, 6) is 0. The molecule has 0 aromatic heterocycles. The lowest BCUT2D eigenvalue weighted by atomic mass is 10.0. The summed E-state index contributed by atoms with van der Waals surface area (Å²) in [6.07, 6.45) is 3.04. The highest BCUT2D eigenvalue weighted by atomic mass is 127. The van der Waals surface area contributed by atoms with E-state index in [2.05, 4.69) is 29.5 Å². The second-order valence-corrected chi connectivity index (χ2v) is 6.02. The Labute approximate surface area is 117 Å². The van der Waals surface area contributed by atoms with Gasteiger partial charge in [-0.05, 0) is 12.0 Å². The van der Waals surface area contributed by atoms with Crippen molar-refractivity contribution in [2.75, 3.05) is 0 Å². The lowest BCUT2D eigenvalue weighted by Crippen LogP contribution is -2.24. The van der Waals surface area contributed by atoms with E-state index in [-0.39, 0.29) is 22.2 Å². The van der Waals surface area contributed by atoms with Gasteiger partial charge in [0.1, 0.15) is 6.10 Å². The molecule has 1 saturated heterocycles. The Morgan fingerprint density at radius 3 is 2.65 bits per heavy atom. The van der Waals surface area contributed by atoms with Crippen molar-refractivity contribution in [1.82, 2.24) is 0 Å². The summed E-state index contributed by atoms with van der Waals surface area (Å²) in [4.78, 5) is 0. The van der Waals surface area contributed by atoms with Crippen LogP contribution in [-0.4, -0.2) is 21.2 Å². The minimum absolute atomic E-state index is 0.153. The molecule has 1 N–H and O–H groups in total. The average Bonchev–Trinajstić information content (AvgIpc) is 2.65. The van der Waals surface area contributed by atoms with Gasteiger partial charge in [0.25, 0.3) is 0 Å². The Balaban J connectivity index is 2.06. The molecule has 0 spiro atoms. The Morgan fingerprint density at radius 1 is 1.29 bits per heavy atom. The van der Waals surface area contributed by atoms with E-state index in [9.17, 15) is 5.11 Å². The first kappa shape index (κ1) is 13.3. The zero-order chi connectivity index (χ0) is 12.3. The number of hydrogen-bond acceptors (Lipinski definition) is 2. The third-order valence-electron chi connectivity index (χ3n) is 3.28. The van der Waals surface area contributed by atoms with Crippen LogP contribution in [0.25, 0.3) is 0 Å². The fourth-order valence-corrected chi connectivity index (χ4v) is 3.19. The quantitative estimate of drug-likeness (QED) is 0.668. The monoisotopic (exact) mass is 346 g/mol. The number of rotatable bonds is 4. The predicted molar refractivity (Wildman–Crippen MR) is 77.4 cm³/mol. The van der Waals surface area contributed by atoms with Crippen molar-refractivity contribution in [2.45, 2.75) is 48.4 Å². The van der Waals surface area contributed by atoms with Crippen molar-refractivity contribution >= 4 is 22.6 Å². The van der Waals surface area contributed by atoms with E-state index < -0.39 is 0 Å². The molecule has 0 unspecified atom stereocenters. The molecule has 2 rings (SSSR count). The maximum Gasteiger partial charge on any atom is 0.110 e. The fraction of sp³-hybridized carbons (Fsp3) is 0.571. The van der Waals surface area contributed by atoms with E-state index in [4.69, 9.17) is 4.74 Å². The van der Waals surface area contributed by atoms with E-state index >= 15 is 0 Å². The number of halogens is 1. The minimum atomic E-state index is -0.389. The highest BCUT2D eigenvalue weighted by Crippen LogP contribution is 2.39. The molecule has 94 valence electrons. The molecule has 0 radical (unpaired) electrons. The van der Waals surface area contributed by atoms with Crippen LogP contribution in [0.4, 0.5) is 0 Å². The number of hydrogen-bond donors (Lipinski definition) is 1. The van der Waals surface area contributed by atoms with Gasteiger partial charge in [0.2, 0.25) is 0 Å². The molecule has 1 aromatic rings. The summed E-state index contributed by atoms with van der Waals surface area (Å²) in [6.45, 7) is 2.18. The van der Waals surface area contributed by atoms with Crippen LogP contribution in [0.2, 0.25) is 0 Å². The Hall–Kier alpha value is -0.130. The van der Waals surface area contributed by atoms with Crippen molar-refractivity contribution in [3.63, 3.8) is 0 Å². The molecule has 0 bridgehead atoms. The third-order valence-corrected chi connectivity index (χ3v) is 4.82. The van der Waals surface area contributed by atoms with E-state index in [1.54, 1.807) is 0 Å². The zero-order valence-corrected chi connectivity index (χ0v) is 12.2. The maximum atomic E-state index is 10.2. The van der Waals surface area contributed by atoms with Gasteiger partial charge in [-0.3, -0.25) is 0 Å². The normalized spacial score (nSPS) is 32.9. The van der Waals surface area contributed by atoms with E-state index in [0.717, 1.165) is 12.0 Å². The van der Waals surface area contributed by atoms with Crippen molar-refractivity contribution in [2.24, 2.45) is 0 Å². The lowest BCUT2D eigenvalue weighted by Gasteiger charge is -2.14. The molecule has 3 heteroatoms. The van der Waals surface area contributed by atoms with Gasteiger partial charge in [-0.15, -0.1) is 0 Å². The van der Waals surface area contributed by atoms with Gasteiger partial charge in [-0.1, -0.05) is 72.7 Å². The molecule has 1 aromatic carbocycles. The third kappa shape index (κ3) is 3.01. The fourth-order valence-electron chi connectivity index (χ4n) is 2.28. The SMILES string of the molecule is CCCC[C@H]1O[C@@H](c2ccccc2)[C@H](O)[C@H]1I. The van der Waals surface area contributed by atoms with Crippen LogP contribution in [0.3, 0.4) is 0 Å². The van der Waals surface area contributed by atoms with E-state index in [1.165, 1.54) is 12.8 Å². The second-order valence-electron chi connectivity index (χ2n) is 4.58. The lowest BCUT2D eigenvalue weighted by molar-refractivity contribution is 0.00583. The first-order valence-corrected chi connectivity index (χ1v) is 7.51. The zero-order valence-electron chi connectivity index (χ0n) is 10.1. The molecule has 17 heavy (non-hydrogen) atoms. The van der Waals surface area contributed by atoms with Gasteiger partial charge in [-0.25, -0.2) is 0 Å². The van der Waals surface area contributed by atoms with Gasteiger partial charge in [0.05, 0.1) is 16.1 Å². The smallest absolute Gasteiger partial charge is 0.110 e. The highest BCUT2D eigenvalue weighted by molar-refractivity contribution is 14.1. The Morgan fingerprint density at radius 2 is 2.00 bits per heavy atom. The van der Waals surface area contributed by atoms with Crippen LogP contribution in [0, 0.1) is 0 Å². The van der Waals surface area contributed by atoms with Crippen molar-refractivity contribution in [1.29, 1.82) is 0 Å². The topological polar surface area (TPSA) is 29.5 Å². The molecular formula is C14H19IO2. The Kier molecular flexibility index (Phi) is 4.82. The number of aliphatic hydroxyl groups excluding tert-OH is 1. The van der Waals surface area contributed by atoms with Crippen LogP contribution in [0.15, 0.2) is 30.3 Å². The van der Waals surface area contributed by atoms with Crippen LogP contribution >= 0.6 is 22.6 Å². The molecule has 4 atom stereocenters. The molecule has 0 aliphatic carbocycles. The summed E-state index contributed by atoms with van der Waals surface area (Å²) in [6, 6.07) is 10.0. The highest BCUT2D eigenvalue weighted by Gasteiger charge is 2.42.